The maximum Gasteiger partial charge on any atom is 0.130 e. The van der Waals surface area contributed by atoms with Crippen molar-refractivity contribution < 1.29 is 4.79 Å². The molecule has 0 aliphatic carbocycles. The van der Waals surface area contributed by atoms with Gasteiger partial charge in [-0.2, -0.15) is 0 Å². The minimum atomic E-state index is 0.276. The molecule has 0 radical (unpaired) electrons. The van der Waals surface area contributed by atoms with Crippen LogP contribution in [0.2, 0.25) is 0 Å². The molecule has 0 spiro atoms. The van der Waals surface area contributed by atoms with Crippen LogP contribution >= 0.6 is 0 Å². The number of rotatable bonds is 5. The van der Waals surface area contributed by atoms with E-state index in [1.807, 2.05) is 0 Å². The van der Waals surface area contributed by atoms with Crippen molar-refractivity contribution in [3.63, 3.8) is 0 Å². The summed E-state index contributed by atoms with van der Waals surface area (Å²) in [5.41, 5.74) is 0. The average molecular weight is 152 g/mol. The van der Waals surface area contributed by atoms with Crippen molar-refractivity contribution >= 4 is 5.78 Å². The number of unbranched alkanes of at least 4 members (excludes halogenated alkanes) is 1. The number of hydrogen-bond acceptors (Lipinski definition) is 1. The summed E-state index contributed by atoms with van der Waals surface area (Å²) in [6.07, 6.45) is 8.75. The number of ketones is 1. The Hall–Kier alpha value is -0.770. The van der Waals surface area contributed by atoms with E-state index in [2.05, 4.69) is 12.8 Å². The molecule has 0 bridgehead atoms. The lowest BCUT2D eigenvalue weighted by Gasteiger charge is -2.06. The summed E-state index contributed by atoms with van der Waals surface area (Å²) < 4.78 is 0. The molecule has 0 aromatic heterocycles. The van der Waals surface area contributed by atoms with Gasteiger partial charge in [0.05, 0.1) is 0 Å². The summed E-state index contributed by atoms with van der Waals surface area (Å²) in [5, 5.41) is 0. The third kappa shape index (κ3) is 7.12. The van der Waals surface area contributed by atoms with Crippen LogP contribution in [-0.2, 0) is 4.79 Å². The second-order valence-electron chi connectivity index (χ2n) is 3.11. The number of carbonyl (C=O) groups is 1. The highest BCUT2D eigenvalue weighted by molar-refractivity contribution is 5.75. The molecular weight excluding hydrogens is 136 g/mol. The Morgan fingerprint density at radius 2 is 2.27 bits per heavy atom. The first-order chi connectivity index (χ1) is 5.16. The van der Waals surface area contributed by atoms with Crippen LogP contribution in [0, 0.1) is 18.3 Å². The Balaban J connectivity index is 3.31. The van der Waals surface area contributed by atoms with Gasteiger partial charge in [0.2, 0.25) is 0 Å². The zero-order valence-electron chi connectivity index (χ0n) is 7.39. The average Bonchev–Trinajstić information content (AvgIpc) is 1.86. The Morgan fingerprint density at radius 1 is 1.64 bits per heavy atom. The molecule has 1 heteroatoms. The van der Waals surface area contributed by atoms with Gasteiger partial charge in [0.15, 0.2) is 0 Å². The third-order valence-corrected chi connectivity index (χ3v) is 1.65. The maximum atomic E-state index is 10.6. The van der Waals surface area contributed by atoms with Gasteiger partial charge >= 0.3 is 0 Å². The number of Topliss-reactive ketones (excluding diaryl/α,β-unsaturated/α-hetero) is 1. The predicted octanol–water partition coefficient (Wildman–Crippen LogP) is 2.41. The molecule has 0 aliphatic rings. The van der Waals surface area contributed by atoms with Gasteiger partial charge in [0, 0.05) is 12.8 Å². The van der Waals surface area contributed by atoms with E-state index < -0.39 is 0 Å². The molecule has 0 aromatic rings. The van der Waals surface area contributed by atoms with Crippen LogP contribution in [0.5, 0.6) is 0 Å². The fourth-order valence-corrected chi connectivity index (χ4v) is 1.15. The Morgan fingerprint density at radius 3 is 2.73 bits per heavy atom. The first kappa shape index (κ1) is 10.2. The van der Waals surface area contributed by atoms with Crippen molar-refractivity contribution in [2.24, 2.45) is 5.92 Å². The van der Waals surface area contributed by atoms with E-state index in [1.165, 1.54) is 0 Å². The summed E-state index contributed by atoms with van der Waals surface area (Å²) in [7, 11) is 0. The highest BCUT2D eigenvalue weighted by Crippen LogP contribution is 2.11. The van der Waals surface area contributed by atoms with Crippen molar-refractivity contribution in [2.45, 2.75) is 39.5 Å². The first-order valence-electron chi connectivity index (χ1n) is 4.09. The van der Waals surface area contributed by atoms with Crippen LogP contribution < -0.4 is 0 Å². The zero-order chi connectivity index (χ0) is 8.69. The van der Waals surface area contributed by atoms with E-state index in [-0.39, 0.29) is 5.78 Å². The standard InChI is InChI=1S/C10H16O/c1-4-5-6-7-9(2)8-10(3)11/h1,9H,5-8H2,2-3H3. The van der Waals surface area contributed by atoms with Crippen molar-refractivity contribution in [3.8, 4) is 12.3 Å². The highest BCUT2D eigenvalue weighted by Gasteiger charge is 2.03. The number of hydrogen-bond donors (Lipinski definition) is 0. The van der Waals surface area contributed by atoms with Crippen LogP contribution in [0.25, 0.3) is 0 Å². The summed E-state index contributed by atoms with van der Waals surface area (Å²) in [6.45, 7) is 3.73. The van der Waals surface area contributed by atoms with Crippen LogP contribution in [-0.4, -0.2) is 5.78 Å². The normalized spacial score (nSPS) is 12.1. The van der Waals surface area contributed by atoms with Crippen LogP contribution in [0.3, 0.4) is 0 Å². The van der Waals surface area contributed by atoms with E-state index in [4.69, 9.17) is 6.42 Å². The molecule has 0 aromatic carbocycles. The molecule has 0 N–H and O–H groups in total. The minimum Gasteiger partial charge on any atom is -0.300 e. The number of terminal acetylenes is 1. The van der Waals surface area contributed by atoms with Gasteiger partial charge in [-0.1, -0.05) is 6.92 Å². The van der Waals surface area contributed by atoms with E-state index >= 15 is 0 Å². The zero-order valence-corrected chi connectivity index (χ0v) is 7.39. The maximum absolute atomic E-state index is 10.6. The molecule has 11 heavy (non-hydrogen) atoms. The van der Waals surface area contributed by atoms with Crippen LogP contribution in [0.1, 0.15) is 39.5 Å². The van der Waals surface area contributed by atoms with Crippen molar-refractivity contribution in [3.05, 3.63) is 0 Å². The predicted molar refractivity (Wildman–Crippen MR) is 47.1 cm³/mol. The van der Waals surface area contributed by atoms with Gasteiger partial charge in [-0.25, -0.2) is 0 Å². The lowest BCUT2D eigenvalue weighted by molar-refractivity contribution is -0.117. The van der Waals surface area contributed by atoms with Gasteiger partial charge < -0.3 is 4.79 Å². The van der Waals surface area contributed by atoms with Crippen LogP contribution in [0.4, 0.5) is 0 Å². The van der Waals surface area contributed by atoms with E-state index in [0.29, 0.717) is 12.3 Å². The van der Waals surface area contributed by atoms with Crippen LogP contribution in [0.15, 0.2) is 0 Å². The second-order valence-corrected chi connectivity index (χ2v) is 3.11. The summed E-state index contributed by atoms with van der Waals surface area (Å²) in [4.78, 5) is 10.6. The fourth-order valence-electron chi connectivity index (χ4n) is 1.15. The highest BCUT2D eigenvalue weighted by atomic mass is 16.1. The summed E-state index contributed by atoms with van der Waals surface area (Å²) in [6, 6.07) is 0. The molecule has 0 aliphatic heterocycles. The largest absolute Gasteiger partial charge is 0.300 e. The summed E-state index contributed by atoms with van der Waals surface area (Å²) in [5.74, 6) is 3.37. The molecule has 0 fully saturated rings. The summed E-state index contributed by atoms with van der Waals surface area (Å²) >= 11 is 0. The quantitative estimate of drug-likeness (QED) is 0.436. The molecule has 1 atom stereocenters. The molecule has 0 saturated carbocycles. The Labute approximate surface area is 69.2 Å². The molecule has 0 amide bonds. The van der Waals surface area contributed by atoms with E-state index in [1.54, 1.807) is 6.92 Å². The second kappa shape index (κ2) is 5.97. The van der Waals surface area contributed by atoms with Gasteiger partial charge in [-0.05, 0) is 25.7 Å². The molecule has 0 heterocycles. The topological polar surface area (TPSA) is 17.1 Å². The van der Waals surface area contributed by atoms with Crippen molar-refractivity contribution in [1.29, 1.82) is 0 Å². The lowest BCUT2D eigenvalue weighted by atomic mass is 9.99. The van der Waals surface area contributed by atoms with Gasteiger partial charge in [-0.3, -0.25) is 0 Å². The fraction of sp³-hybridized carbons (Fsp3) is 0.700. The van der Waals surface area contributed by atoms with Crippen molar-refractivity contribution in [1.82, 2.24) is 0 Å². The van der Waals surface area contributed by atoms with Crippen molar-refractivity contribution in [2.75, 3.05) is 0 Å². The lowest BCUT2D eigenvalue weighted by Crippen LogP contribution is -2.01. The number of carbonyl (C=O) groups excluding carboxylic acids is 1. The minimum absolute atomic E-state index is 0.276. The van der Waals surface area contributed by atoms with E-state index in [9.17, 15) is 4.79 Å². The van der Waals surface area contributed by atoms with E-state index in [0.717, 1.165) is 19.3 Å². The Kier molecular flexibility index (Phi) is 5.56. The molecule has 0 rings (SSSR count). The SMILES string of the molecule is C#CCCCC(C)CC(C)=O. The molecule has 1 unspecified atom stereocenters. The smallest absolute Gasteiger partial charge is 0.130 e. The first-order valence-corrected chi connectivity index (χ1v) is 4.09. The van der Waals surface area contributed by atoms with Gasteiger partial charge in [0.25, 0.3) is 0 Å². The third-order valence-electron chi connectivity index (χ3n) is 1.65. The molecule has 62 valence electrons. The Bertz CT molecular complexity index is 153. The van der Waals surface area contributed by atoms with Gasteiger partial charge in [0.1, 0.15) is 5.78 Å². The van der Waals surface area contributed by atoms with Gasteiger partial charge in [-0.15, -0.1) is 12.3 Å². The molecule has 0 saturated heterocycles. The molecular formula is C10H16O. The monoisotopic (exact) mass is 152 g/mol. The molecule has 1 nitrogen and oxygen atoms in total.